The molecule has 1 amide bonds. The summed E-state index contributed by atoms with van der Waals surface area (Å²) < 4.78 is 5.25. The Hall–Kier alpha value is -2.63. The van der Waals surface area contributed by atoms with Crippen molar-refractivity contribution in [1.29, 1.82) is 0 Å². The van der Waals surface area contributed by atoms with Crippen LogP contribution in [-0.4, -0.2) is 47.5 Å². The number of hydrogen-bond donors (Lipinski definition) is 1. The Morgan fingerprint density at radius 2 is 2.00 bits per heavy atom. The normalized spacial score (nSPS) is 14.2. The van der Waals surface area contributed by atoms with Crippen LogP contribution in [0.25, 0.3) is 0 Å². The molecule has 0 spiro atoms. The Balaban J connectivity index is 1.62. The van der Waals surface area contributed by atoms with Gasteiger partial charge in [-0.2, -0.15) is 0 Å². The van der Waals surface area contributed by atoms with E-state index in [-0.39, 0.29) is 5.91 Å². The molecule has 1 fully saturated rings. The second kappa shape index (κ2) is 8.65. The van der Waals surface area contributed by atoms with Crippen molar-refractivity contribution in [3.05, 3.63) is 47.3 Å². The first-order valence-corrected chi connectivity index (χ1v) is 9.17. The Kier molecular flexibility index (Phi) is 6.04. The second-order valence-corrected chi connectivity index (χ2v) is 6.60. The largest absolute Gasteiger partial charge is 0.497 e. The van der Waals surface area contributed by atoms with Gasteiger partial charge >= 0.3 is 0 Å². The summed E-state index contributed by atoms with van der Waals surface area (Å²) in [7, 11) is 1.67. The summed E-state index contributed by atoms with van der Waals surface area (Å²) in [5.74, 6) is 1.36. The van der Waals surface area contributed by atoms with E-state index in [0.29, 0.717) is 18.2 Å². The fourth-order valence-electron chi connectivity index (χ4n) is 3.16. The number of nitrogens with one attached hydrogen (secondary N) is 1. The predicted molar refractivity (Wildman–Crippen MR) is 102 cm³/mol. The zero-order valence-corrected chi connectivity index (χ0v) is 15.5. The summed E-state index contributed by atoms with van der Waals surface area (Å²) in [6.07, 6.45) is 4.16. The number of hydrogen-bond acceptors (Lipinski definition) is 5. The topological polar surface area (TPSA) is 67.3 Å². The first-order valence-electron chi connectivity index (χ1n) is 9.17. The third-order valence-electron chi connectivity index (χ3n) is 4.55. The van der Waals surface area contributed by atoms with Crippen molar-refractivity contribution < 1.29 is 9.53 Å². The quantitative estimate of drug-likeness (QED) is 0.863. The summed E-state index contributed by atoms with van der Waals surface area (Å²) in [6, 6.07) is 9.76. The van der Waals surface area contributed by atoms with Crippen LogP contribution in [0, 0.1) is 6.92 Å². The molecule has 0 radical (unpaired) electrons. The first-order chi connectivity index (χ1) is 12.7. The van der Waals surface area contributed by atoms with E-state index in [4.69, 9.17) is 4.74 Å². The van der Waals surface area contributed by atoms with Gasteiger partial charge in [-0.05, 0) is 56.4 Å². The van der Waals surface area contributed by atoms with Gasteiger partial charge in [0.25, 0.3) is 5.91 Å². The van der Waals surface area contributed by atoms with Crippen molar-refractivity contribution >= 4 is 11.9 Å². The molecule has 1 aromatic heterocycles. The second-order valence-electron chi connectivity index (χ2n) is 6.60. The van der Waals surface area contributed by atoms with E-state index >= 15 is 0 Å². The van der Waals surface area contributed by atoms with Crippen LogP contribution in [0.2, 0.25) is 0 Å². The number of amides is 1. The number of ether oxygens (including phenoxy) is 1. The Labute approximate surface area is 154 Å². The summed E-state index contributed by atoms with van der Waals surface area (Å²) >= 11 is 0. The van der Waals surface area contributed by atoms with Gasteiger partial charge in [-0.15, -0.1) is 0 Å². The molecule has 1 saturated heterocycles. The van der Waals surface area contributed by atoms with Crippen LogP contribution >= 0.6 is 0 Å². The Morgan fingerprint density at radius 1 is 1.19 bits per heavy atom. The molecule has 0 atom stereocenters. The van der Waals surface area contributed by atoms with E-state index in [1.54, 1.807) is 13.2 Å². The fourth-order valence-corrected chi connectivity index (χ4v) is 3.16. The van der Waals surface area contributed by atoms with Crippen molar-refractivity contribution in [2.24, 2.45) is 0 Å². The lowest BCUT2D eigenvalue weighted by molar-refractivity contribution is 0.0718. The van der Waals surface area contributed by atoms with Gasteiger partial charge in [0.1, 0.15) is 11.4 Å². The van der Waals surface area contributed by atoms with E-state index in [9.17, 15) is 4.79 Å². The zero-order chi connectivity index (χ0) is 18.4. The van der Waals surface area contributed by atoms with E-state index in [1.807, 2.05) is 30.0 Å². The maximum absolute atomic E-state index is 12.7. The number of carbonyl (C=O) groups is 1. The van der Waals surface area contributed by atoms with Crippen molar-refractivity contribution in [1.82, 2.24) is 14.9 Å². The summed E-state index contributed by atoms with van der Waals surface area (Å²) in [5.41, 5.74) is 2.45. The number of benzene rings is 1. The number of anilines is 1. The predicted octanol–water partition coefficient (Wildman–Crippen LogP) is 3.07. The average Bonchev–Trinajstić information content (AvgIpc) is 2.68. The summed E-state index contributed by atoms with van der Waals surface area (Å²) in [6.45, 7) is 4.22. The van der Waals surface area contributed by atoms with Gasteiger partial charge in [0, 0.05) is 25.3 Å². The minimum atomic E-state index is 0.00560. The van der Waals surface area contributed by atoms with Gasteiger partial charge in [-0.1, -0.05) is 12.1 Å². The smallest absolute Gasteiger partial charge is 0.272 e. The molecule has 0 saturated carbocycles. The summed E-state index contributed by atoms with van der Waals surface area (Å²) in [5, 5.41) is 3.24. The molecular weight excluding hydrogens is 328 g/mol. The molecule has 6 nitrogen and oxygen atoms in total. The number of piperidine rings is 1. The van der Waals surface area contributed by atoms with Crippen molar-refractivity contribution in [2.75, 3.05) is 32.1 Å². The lowest BCUT2D eigenvalue weighted by Crippen LogP contribution is -2.36. The number of aryl methyl sites for hydroxylation is 1. The zero-order valence-electron chi connectivity index (χ0n) is 15.5. The van der Waals surface area contributed by atoms with E-state index < -0.39 is 0 Å². The fraction of sp³-hybridized carbons (Fsp3) is 0.450. The highest BCUT2D eigenvalue weighted by molar-refractivity contribution is 5.92. The maximum atomic E-state index is 12.7. The third kappa shape index (κ3) is 4.71. The SMILES string of the molecule is COc1cccc(CCNc2nc(C)cc(C(=O)N3CCCCC3)n2)c1. The lowest BCUT2D eigenvalue weighted by atomic mass is 10.1. The number of methoxy groups -OCH3 is 1. The molecule has 1 aromatic carbocycles. The molecule has 2 aromatic rings. The number of likely N-dealkylation sites (tertiary alicyclic amines) is 1. The molecule has 6 heteroatoms. The van der Waals surface area contributed by atoms with E-state index in [1.165, 1.54) is 12.0 Å². The van der Waals surface area contributed by atoms with Gasteiger partial charge in [0.15, 0.2) is 0 Å². The van der Waals surface area contributed by atoms with Gasteiger partial charge in [0.2, 0.25) is 5.95 Å². The van der Waals surface area contributed by atoms with Crippen LogP contribution in [0.15, 0.2) is 30.3 Å². The van der Waals surface area contributed by atoms with Gasteiger partial charge < -0.3 is 15.0 Å². The van der Waals surface area contributed by atoms with Crippen LogP contribution in [0.3, 0.4) is 0 Å². The van der Waals surface area contributed by atoms with Crippen LogP contribution in [-0.2, 0) is 6.42 Å². The Morgan fingerprint density at radius 3 is 2.77 bits per heavy atom. The molecule has 0 bridgehead atoms. The standard InChI is InChI=1S/C20H26N4O2/c1-15-13-18(19(25)24-11-4-3-5-12-24)23-20(22-15)21-10-9-16-7-6-8-17(14-16)26-2/h6-8,13-14H,3-5,9-12H2,1-2H3,(H,21,22,23). The van der Waals surface area contributed by atoms with E-state index in [0.717, 1.165) is 43.8 Å². The highest BCUT2D eigenvalue weighted by atomic mass is 16.5. The molecule has 1 N–H and O–H groups in total. The van der Waals surface area contributed by atoms with Gasteiger partial charge in [-0.25, -0.2) is 9.97 Å². The van der Waals surface area contributed by atoms with Gasteiger partial charge in [0.05, 0.1) is 7.11 Å². The van der Waals surface area contributed by atoms with Crippen LogP contribution in [0.5, 0.6) is 5.75 Å². The number of aromatic nitrogens is 2. The van der Waals surface area contributed by atoms with Crippen molar-refractivity contribution in [3.8, 4) is 5.75 Å². The van der Waals surface area contributed by atoms with Crippen molar-refractivity contribution in [2.45, 2.75) is 32.6 Å². The molecular formula is C20H26N4O2. The number of nitrogens with zero attached hydrogens (tertiary/aromatic N) is 3. The molecule has 0 aliphatic carbocycles. The minimum absolute atomic E-state index is 0.00560. The van der Waals surface area contributed by atoms with E-state index in [2.05, 4.69) is 21.4 Å². The Bertz CT molecular complexity index is 757. The lowest BCUT2D eigenvalue weighted by Gasteiger charge is -2.26. The molecule has 138 valence electrons. The number of carbonyl (C=O) groups excluding carboxylic acids is 1. The minimum Gasteiger partial charge on any atom is -0.497 e. The average molecular weight is 354 g/mol. The van der Waals surface area contributed by atoms with Crippen LogP contribution < -0.4 is 10.1 Å². The highest BCUT2D eigenvalue weighted by Crippen LogP contribution is 2.15. The molecule has 3 rings (SSSR count). The summed E-state index contributed by atoms with van der Waals surface area (Å²) in [4.78, 5) is 23.4. The molecule has 2 heterocycles. The highest BCUT2D eigenvalue weighted by Gasteiger charge is 2.20. The monoisotopic (exact) mass is 354 g/mol. The first kappa shape index (κ1) is 18.2. The molecule has 26 heavy (non-hydrogen) atoms. The van der Waals surface area contributed by atoms with Crippen molar-refractivity contribution in [3.63, 3.8) is 0 Å². The molecule has 0 unspecified atom stereocenters. The maximum Gasteiger partial charge on any atom is 0.272 e. The molecule has 1 aliphatic heterocycles. The number of rotatable bonds is 6. The molecule has 1 aliphatic rings. The van der Waals surface area contributed by atoms with Crippen LogP contribution in [0.4, 0.5) is 5.95 Å². The van der Waals surface area contributed by atoms with Crippen LogP contribution in [0.1, 0.15) is 41.0 Å². The van der Waals surface area contributed by atoms with Gasteiger partial charge in [-0.3, -0.25) is 4.79 Å². The third-order valence-corrected chi connectivity index (χ3v) is 4.55.